The van der Waals surface area contributed by atoms with Crippen LogP contribution in [0.4, 0.5) is 0 Å². The van der Waals surface area contributed by atoms with Crippen LogP contribution in [0, 0.1) is 11.1 Å². The van der Waals surface area contributed by atoms with Crippen molar-refractivity contribution in [2.45, 2.75) is 24.6 Å². The van der Waals surface area contributed by atoms with Crippen molar-refractivity contribution in [3.63, 3.8) is 0 Å². The summed E-state index contributed by atoms with van der Waals surface area (Å²) in [4.78, 5) is 0. The fraction of sp³-hybridized carbons (Fsp3) is 0.138. The van der Waals surface area contributed by atoms with Crippen LogP contribution in [0.5, 0.6) is 0 Å². The van der Waals surface area contributed by atoms with Crippen LogP contribution in [-0.2, 0) is 24.6 Å². The Labute approximate surface area is 185 Å². The quantitative estimate of drug-likeness (QED) is 0.266. The first kappa shape index (κ1) is 21.0. The minimum atomic E-state index is -2.99. The van der Waals surface area contributed by atoms with E-state index in [0.29, 0.717) is 0 Å². The molecule has 0 spiro atoms. The van der Waals surface area contributed by atoms with Gasteiger partial charge in [-0.1, -0.05) is 0 Å². The van der Waals surface area contributed by atoms with Crippen molar-refractivity contribution in [2.24, 2.45) is 0 Å². The zero-order valence-corrected chi connectivity index (χ0v) is 18.7. The molecule has 0 N–H and O–H groups in total. The molecule has 0 aliphatic heterocycles. The fourth-order valence-corrected chi connectivity index (χ4v) is 10.4. The summed E-state index contributed by atoms with van der Waals surface area (Å²) in [5.74, 6) is 3.05. The Kier molecular flexibility index (Phi) is 6.31. The summed E-state index contributed by atoms with van der Waals surface area (Å²) in [6.45, 7) is -2.99. The number of nitrogens with zero attached hydrogens (tertiary/aromatic N) is 1. The first-order valence-electron chi connectivity index (χ1n) is 10.8. The molecular weight excluding hydrogens is 393 g/mol. The van der Waals surface area contributed by atoms with E-state index >= 15 is 0 Å². The van der Waals surface area contributed by atoms with Crippen LogP contribution in [0.1, 0.15) is 22.3 Å². The molecule has 154 valence electrons. The normalized spacial score (nSPS) is 12.4. The Hall–Kier alpha value is -3.20. The first-order chi connectivity index (χ1) is 15.2. The van der Waals surface area contributed by atoms with E-state index in [4.69, 9.17) is 0 Å². The molecule has 0 atom stereocenters. The molecule has 0 aliphatic rings. The van der Waals surface area contributed by atoms with Gasteiger partial charge in [0.05, 0.1) is 0 Å². The Bertz CT molecular complexity index is 955. The second-order valence-electron chi connectivity index (χ2n) is 8.65. The van der Waals surface area contributed by atoms with E-state index in [1.807, 2.05) is 0 Å². The fourth-order valence-electron chi connectivity index (χ4n) is 4.72. The number of benzene rings is 4. The molecule has 0 fully saturated rings. The SMILES string of the molecule is N#CP(Cc1ccccc1)(Cc1ccccc1)(Cc1ccccc1)Cc1ccccc1. The third-order valence-corrected chi connectivity index (χ3v) is 11.4. The van der Waals surface area contributed by atoms with Crippen LogP contribution in [0.2, 0.25) is 0 Å². The van der Waals surface area contributed by atoms with E-state index in [1.165, 1.54) is 22.3 Å². The Morgan fingerprint density at radius 3 is 0.839 bits per heavy atom. The van der Waals surface area contributed by atoms with Crippen molar-refractivity contribution in [2.75, 3.05) is 0 Å². The molecule has 0 bridgehead atoms. The predicted octanol–water partition coefficient (Wildman–Crippen LogP) is 7.82. The number of hydrogen-bond acceptors (Lipinski definition) is 1. The Morgan fingerprint density at radius 1 is 0.419 bits per heavy atom. The van der Waals surface area contributed by atoms with Crippen LogP contribution in [-0.4, -0.2) is 0 Å². The van der Waals surface area contributed by atoms with Gasteiger partial charge in [-0.15, -0.1) is 0 Å². The third-order valence-electron chi connectivity index (χ3n) is 6.04. The van der Waals surface area contributed by atoms with Gasteiger partial charge in [0.25, 0.3) is 0 Å². The number of hydrogen-bond donors (Lipinski definition) is 0. The maximum atomic E-state index is 11.1. The van der Waals surface area contributed by atoms with Gasteiger partial charge in [0.15, 0.2) is 0 Å². The van der Waals surface area contributed by atoms with Crippen LogP contribution in [0.15, 0.2) is 121 Å². The molecule has 0 saturated carbocycles. The molecule has 4 rings (SSSR count). The van der Waals surface area contributed by atoms with Crippen LogP contribution in [0.25, 0.3) is 0 Å². The van der Waals surface area contributed by atoms with Gasteiger partial charge in [-0.2, -0.15) is 0 Å². The monoisotopic (exact) mass is 421 g/mol. The predicted molar refractivity (Wildman–Crippen MR) is 133 cm³/mol. The number of nitriles is 1. The zero-order valence-electron chi connectivity index (χ0n) is 17.8. The van der Waals surface area contributed by atoms with Gasteiger partial charge in [-0.05, 0) is 0 Å². The number of rotatable bonds is 8. The molecule has 0 saturated heterocycles. The van der Waals surface area contributed by atoms with Crippen molar-refractivity contribution in [3.05, 3.63) is 144 Å². The second kappa shape index (κ2) is 9.30. The molecule has 0 aliphatic carbocycles. The minimum absolute atomic E-state index is 0.821. The van der Waals surface area contributed by atoms with Gasteiger partial charge in [0.2, 0.25) is 0 Å². The zero-order chi connectivity index (χ0) is 21.4. The van der Waals surface area contributed by atoms with Gasteiger partial charge in [0.1, 0.15) is 0 Å². The van der Waals surface area contributed by atoms with Crippen molar-refractivity contribution in [1.29, 1.82) is 5.26 Å². The van der Waals surface area contributed by atoms with E-state index in [0.717, 1.165) is 24.6 Å². The summed E-state index contributed by atoms with van der Waals surface area (Å²) < 4.78 is 0. The second-order valence-corrected chi connectivity index (χ2v) is 14.1. The molecule has 31 heavy (non-hydrogen) atoms. The molecule has 0 heterocycles. The summed E-state index contributed by atoms with van der Waals surface area (Å²) in [7, 11) is 0. The van der Waals surface area contributed by atoms with E-state index in [1.54, 1.807) is 0 Å². The van der Waals surface area contributed by atoms with Gasteiger partial charge in [0, 0.05) is 0 Å². The Balaban J connectivity index is 1.90. The molecule has 4 aromatic carbocycles. The van der Waals surface area contributed by atoms with Crippen LogP contribution in [0.3, 0.4) is 0 Å². The van der Waals surface area contributed by atoms with Gasteiger partial charge >= 0.3 is 186 Å². The van der Waals surface area contributed by atoms with Crippen LogP contribution < -0.4 is 0 Å². The van der Waals surface area contributed by atoms with Crippen molar-refractivity contribution >= 4 is 6.60 Å². The van der Waals surface area contributed by atoms with Gasteiger partial charge in [-0.25, -0.2) is 0 Å². The van der Waals surface area contributed by atoms with Gasteiger partial charge in [-0.3, -0.25) is 0 Å². The molecular formula is C29H28NP. The topological polar surface area (TPSA) is 23.8 Å². The van der Waals surface area contributed by atoms with E-state index in [-0.39, 0.29) is 0 Å². The first-order valence-corrected chi connectivity index (χ1v) is 13.7. The van der Waals surface area contributed by atoms with Crippen molar-refractivity contribution < 1.29 is 0 Å². The maximum absolute atomic E-state index is 11.1. The van der Waals surface area contributed by atoms with Crippen molar-refractivity contribution in [3.8, 4) is 5.81 Å². The van der Waals surface area contributed by atoms with E-state index in [2.05, 4.69) is 127 Å². The Morgan fingerprint density at radius 2 is 0.645 bits per heavy atom. The van der Waals surface area contributed by atoms with Crippen LogP contribution >= 0.6 is 6.60 Å². The average Bonchev–Trinajstić information content (AvgIpc) is 2.82. The average molecular weight is 422 g/mol. The molecule has 1 nitrogen and oxygen atoms in total. The molecule has 4 aromatic rings. The van der Waals surface area contributed by atoms with E-state index < -0.39 is 6.60 Å². The van der Waals surface area contributed by atoms with E-state index in [9.17, 15) is 5.26 Å². The summed E-state index contributed by atoms with van der Waals surface area (Å²) >= 11 is 0. The molecule has 0 unspecified atom stereocenters. The summed E-state index contributed by atoms with van der Waals surface area (Å²) in [6.07, 6.45) is 3.28. The summed E-state index contributed by atoms with van der Waals surface area (Å²) in [5, 5.41) is 11.1. The summed E-state index contributed by atoms with van der Waals surface area (Å²) in [6, 6.07) is 42.4. The van der Waals surface area contributed by atoms with Crippen molar-refractivity contribution in [1.82, 2.24) is 0 Å². The standard InChI is InChI=1S/C29H28NP/c30-25-31(21-26-13-5-1-6-14-26,22-27-15-7-2-8-16-27,23-28-17-9-3-10-18-28)24-29-19-11-4-12-20-29/h1-20H,21-24H2. The molecule has 0 amide bonds. The van der Waals surface area contributed by atoms with Gasteiger partial charge < -0.3 is 0 Å². The molecule has 0 radical (unpaired) electrons. The third kappa shape index (κ3) is 5.11. The summed E-state index contributed by atoms with van der Waals surface area (Å²) in [5.41, 5.74) is 5.02. The molecule has 2 heteroatoms. The molecule has 0 aromatic heterocycles.